The fourth-order valence-electron chi connectivity index (χ4n) is 3.39. The molecule has 1 heterocycles. The first kappa shape index (κ1) is 21.2. The van der Waals surface area contributed by atoms with Crippen molar-refractivity contribution in [3.05, 3.63) is 77.4 Å². The van der Waals surface area contributed by atoms with Crippen molar-refractivity contribution in [2.45, 2.75) is 18.0 Å². The van der Waals surface area contributed by atoms with E-state index in [0.717, 1.165) is 0 Å². The Morgan fingerprint density at radius 1 is 1.03 bits per heavy atom. The van der Waals surface area contributed by atoms with Crippen molar-refractivity contribution in [2.24, 2.45) is 0 Å². The molecule has 3 rings (SSSR count). The number of carboxylic acid groups (broad SMARTS) is 2. The van der Waals surface area contributed by atoms with E-state index in [-0.39, 0.29) is 31.2 Å². The molecule has 0 bridgehead atoms. The minimum absolute atomic E-state index is 0.0188. The van der Waals surface area contributed by atoms with Gasteiger partial charge < -0.3 is 20.1 Å². The lowest BCUT2D eigenvalue weighted by atomic mass is 9.93. The minimum atomic E-state index is -2.22. The molecule has 4 N–H and O–H groups in total. The zero-order chi connectivity index (χ0) is 21.7. The standard InChI is InChI=1S/C22H21NO7/c24-17-9-5-4-8-16(17)19-15(12-22(23-19,20(26)27)21(28)29)10-11-30-13-18(25)14-6-2-1-3-7-14/h1-10,19,23-24H,11-13H2,(H,26,27)(H,28,29)/b15-10+. The molecule has 1 unspecified atom stereocenters. The van der Waals surface area contributed by atoms with Crippen molar-refractivity contribution in [3.8, 4) is 5.75 Å². The Hall–Kier alpha value is -3.49. The fraction of sp³-hybridized carbons (Fsp3) is 0.227. The zero-order valence-corrected chi connectivity index (χ0v) is 15.9. The number of phenols is 1. The summed E-state index contributed by atoms with van der Waals surface area (Å²) in [5.74, 6) is -3.35. The number of hydrogen-bond acceptors (Lipinski definition) is 6. The summed E-state index contributed by atoms with van der Waals surface area (Å²) in [5, 5.41) is 31.9. The highest BCUT2D eigenvalue weighted by Crippen LogP contribution is 2.41. The number of carbonyl (C=O) groups excluding carboxylic acids is 1. The number of phenolic OH excluding ortho intramolecular Hbond substituents is 1. The van der Waals surface area contributed by atoms with Gasteiger partial charge in [0.1, 0.15) is 12.4 Å². The number of aromatic hydroxyl groups is 1. The molecule has 8 nitrogen and oxygen atoms in total. The van der Waals surface area contributed by atoms with Crippen molar-refractivity contribution in [3.63, 3.8) is 0 Å². The molecule has 0 saturated carbocycles. The van der Waals surface area contributed by atoms with E-state index >= 15 is 0 Å². The fourth-order valence-corrected chi connectivity index (χ4v) is 3.39. The van der Waals surface area contributed by atoms with Crippen molar-refractivity contribution in [1.82, 2.24) is 5.32 Å². The lowest BCUT2D eigenvalue weighted by Gasteiger charge is -2.21. The number of nitrogens with one attached hydrogen (secondary N) is 1. The highest BCUT2D eigenvalue weighted by atomic mass is 16.5. The lowest BCUT2D eigenvalue weighted by Crippen LogP contribution is -2.54. The summed E-state index contributed by atoms with van der Waals surface area (Å²) in [6.07, 6.45) is 1.24. The third-order valence-electron chi connectivity index (χ3n) is 5.00. The summed E-state index contributed by atoms with van der Waals surface area (Å²) in [4.78, 5) is 35.6. The van der Waals surface area contributed by atoms with Crippen LogP contribution in [0.15, 0.2) is 66.2 Å². The smallest absolute Gasteiger partial charge is 0.336 e. The summed E-state index contributed by atoms with van der Waals surface area (Å²) >= 11 is 0. The lowest BCUT2D eigenvalue weighted by molar-refractivity contribution is -0.158. The largest absolute Gasteiger partial charge is 0.508 e. The van der Waals surface area contributed by atoms with Gasteiger partial charge in [-0.1, -0.05) is 54.6 Å². The predicted molar refractivity (Wildman–Crippen MR) is 106 cm³/mol. The van der Waals surface area contributed by atoms with E-state index in [1.807, 2.05) is 0 Å². The number of para-hydroxylation sites is 1. The first-order valence-electron chi connectivity index (χ1n) is 9.22. The van der Waals surface area contributed by atoms with Gasteiger partial charge >= 0.3 is 11.9 Å². The molecule has 30 heavy (non-hydrogen) atoms. The second-order valence-electron chi connectivity index (χ2n) is 6.91. The molecular formula is C22H21NO7. The van der Waals surface area contributed by atoms with E-state index in [1.165, 1.54) is 6.07 Å². The molecule has 0 aromatic heterocycles. The maximum absolute atomic E-state index is 12.1. The first-order chi connectivity index (χ1) is 14.3. The van der Waals surface area contributed by atoms with Gasteiger partial charge in [-0.2, -0.15) is 0 Å². The number of ether oxygens (including phenoxy) is 1. The van der Waals surface area contributed by atoms with Crippen LogP contribution in [0.3, 0.4) is 0 Å². The average molecular weight is 411 g/mol. The molecule has 0 spiro atoms. The second-order valence-corrected chi connectivity index (χ2v) is 6.91. The molecule has 1 saturated heterocycles. The van der Waals surface area contributed by atoms with E-state index in [4.69, 9.17) is 4.74 Å². The Labute approximate surface area is 172 Å². The van der Waals surface area contributed by atoms with Gasteiger partial charge in [0.15, 0.2) is 5.78 Å². The number of hydrogen-bond donors (Lipinski definition) is 4. The molecule has 2 aromatic carbocycles. The maximum atomic E-state index is 12.1. The average Bonchev–Trinajstić information content (AvgIpc) is 3.13. The number of ketones is 1. The number of rotatable bonds is 8. The zero-order valence-electron chi connectivity index (χ0n) is 15.9. The van der Waals surface area contributed by atoms with Crippen LogP contribution in [0.1, 0.15) is 28.4 Å². The van der Waals surface area contributed by atoms with Crippen LogP contribution >= 0.6 is 0 Å². The molecule has 0 amide bonds. The molecule has 1 fully saturated rings. The van der Waals surface area contributed by atoms with Gasteiger partial charge in [-0.15, -0.1) is 0 Å². The van der Waals surface area contributed by atoms with E-state index in [0.29, 0.717) is 16.7 Å². The first-order valence-corrected chi connectivity index (χ1v) is 9.22. The predicted octanol–water partition coefficient (Wildman–Crippen LogP) is 2.16. The molecule has 156 valence electrons. The quantitative estimate of drug-likeness (QED) is 0.225. The molecule has 1 atom stereocenters. The number of benzene rings is 2. The Kier molecular flexibility index (Phi) is 6.29. The van der Waals surface area contributed by atoms with Gasteiger partial charge in [0.05, 0.1) is 12.6 Å². The minimum Gasteiger partial charge on any atom is -0.508 e. The summed E-state index contributed by atoms with van der Waals surface area (Å²) < 4.78 is 5.40. The van der Waals surface area contributed by atoms with E-state index < -0.39 is 23.5 Å². The van der Waals surface area contributed by atoms with Gasteiger partial charge in [0.2, 0.25) is 5.54 Å². The SMILES string of the molecule is O=C(COC/C=C1\CC(C(=O)O)(C(=O)O)NC1c1ccccc1O)c1ccccc1. The van der Waals surface area contributed by atoms with Crippen LogP contribution in [0.5, 0.6) is 5.75 Å². The normalized spacial score (nSPS) is 18.9. The Balaban J connectivity index is 1.79. The third kappa shape index (κ3) is 4.24. The van der Waals surface area contributed by atoms with Crippen LogP contribution in [0.2, 0.25) is 0 Å². The molecule has 8 heteroatoms. The Morgan fingerprint density at radius 3 is 2.30 bits per heavy atom. The number of carboxylic acids is 2. The highest BCUT2D eigenvalue weighted by Gasteiger charge is 2.54. The van der Waals surface area contributed by atoms with Crippen molar-refractivity contribution in [2.75, 3.05) is 13.2 Å². The topological polar surface area (TPSA) is 133 Å². The molecule has 1 aliphatic rings. The van der Waals surface area contributed by atoms with E-state index in [9.17, 15) is 29.7 Å². The Morgan fingerprint density at radius 2 is 1.67 bits per heavy atom. The van der Waals surface area contributed by atoms with E-state index in [1.54, 1.807) is 54.6 Å². The van der Waals surface area contributed by atoms with Crippen LogP contribution in [0.25, 0.3) is 0 Å². The summed E-state index contributed by atoms with van der Waals surface area (Å²) in [5.41, 5.74) is -0.920. The van der Waals surface area contributed by atoms with E-state index in [2.05, 4.69) is 5.32 Å². The summed E-state index contributed by atoms with van der Waals surface area (Å²) in [7, 11) is 0. The van der Waals surface area contributed by atoms with Crippen LogP contribution in [0, 0.1) is 0 Å². The molecule has 0 radical (unpaired) electrons. The van der Waals surface area contributed by atoms with Crippen LogP contribution in [0.4, 0.5) is 0 Å². The summed E-state index contributed by atoms with van der Waals surface area (Å²) in [6.45, 7) is -0.194. The van der Waals surface area contributed by atoms with Crippen LogP contribution in [-0.4, -0.2) is 51.8 Å². The maximum Gasteiger partial charge on any atom is 0.336 e. The summed E-state index contributed by atoms with van der Waals surface area (Å²) in [6, 6.07) is 14.1. The van der Waals surface area contributed by atoms with Crippen molar-refractivity contribution >= 4 is 17.7 Å². The van der Waals surface area contributed by atoms with Crippen LogP contribution in [-0.2, 0) is 14.3 Å². The van der Waals surface area contributed by atoms with Gasteiger partial charge in [-0.05, 0) is 11.6 Å². The molecule has 0 aliphatic carbocycles. The number of aliphatic carboxylic acids is 2. The third-order valence-corrected chi connectivity index (χ3v) is 5.00. The molecule has 2 aromatic rings. The van der Waals surface area contributed by atoms with Crippen LogP contribution < -0.4 is 5.32 Å². The van der Waals surface area contributed by atoms with Crippen molar-refractivity contribution < 1.29 is 34.4 Å². The van der Waals surface area contributed by atoms with Gasteiger partial charge in [0.25, 0.3) is 0 Å². The van der Waals surface area contributed by atoms with Gasteiger partial charge in [-0.3, -0.25) is 10.1 Å². The molecular weight excluding hydrogens is 390 g/mol. The number of Topliss-reactive ketones (excluding diaryl/α,β-unsaturated/α-hetero) is 1. The second kappa shape index (κ2) is 8.89. The Bertz CT molecular complexity index is 970. The number of carbonyl (C=O) groups is 3. The highest BCUT2D eigenvalue weighted by molar-refractivity contribution is 6.04. The van der Waals surface area contributed by atoms with Crippen molar-refractivity contribution in [1.29, 1.82) is 0 Å². The van der Waals surface area contributed by atoms with Gasteiger partial charge in [0, 0.05) is 17.5 Å². The molecule has 1 aliphatic heterocycles. The monoisotopic (exact) mass is 411 g/mol. The van der Waals surface area contributed by atoms with Gasteiger partial charge in [-0.25, -0.2) is 9.59 Å².